The lowest BCUT2D eigenvalue weighted by atomic mass is 10.1. The summed E-state index contributed by atoms with van der Waals surface area (Å²) >= 11 is 0. The van der Waals surface area contributed by atoms with Crippen LogP contribution in [0.25, 0.3) is 0 Å². The molecule has 5 nitrogen and oxygen atoms in total. The molecule has 2 unspecified atom stereocenters. The number of ether oxygens (including phenoxy) is 2. The summed E-state index contributed by atoms with van der Waals surface area (Å²) < 4.78 is 11.5. The number of nitrogens with zero attached hydrogens (tertiary/aromatic N) is 1. The summed E-state index contributed by atoms with van der Waals surface area (Å²) in [6.45, 7) is 8.22. The largest absolute Gasteiger partial charge is 0.376 e. The fraction of sp³-hybridized carbons (Fsp3) is 0.632. The van der Waals surface area contributed by atoms with Crippen molar-refractivity contribution in [3.63, 3.8) is 0 Å². The zero-order valence-electron chi connectivity index (χ0n) is 15.0. The molecule has 1 aromatic carbocycles. The lowest BCUT2D eigenvalue weighted by molar-refractivity contribution is 0.0646. The predicted molar refractivity (Wildman–Crippen MR) is 98.4 cm³/mol. The van der Waals surface area contributed by atoms with Crippen molar-refractivity contribution in [2.75, 3.05) is 32.8 Å². The van der Waals surface area contributed by atoms with Crippen molar-refractivity contribution in [3.8, 4) is 0 Å². The minimum Gasteiger partial charge on any atom is -0.376 e. The summed E-state index contributed by atoms with van der Waals surface area (Å²) in [5, 5.41) is 6.64. The summed E-state index contributed by atoms with van der Waals surface area (Å²) in [7, 11) is 0. The van der Waals surface area contributed by atoms with Crippen molar-refractivity contribution >= 4 is 5.96 Å². The second-order valence-corrected chi connectivity index (χ2v) is 6.06. The van der Waals surface area contributed by atoms with Gasteiger partial charge in [0, 0.05) is 26.3 Å². The minimum atomic E-state index is 0.132. The van der Waals surface area contributed by atoms with Crippen molar-refractivity contribution in [3.05, 3.63) is 35.9 Å². The Morgan fingerprint density at radius 1 is 1.33 bits per heavy atom. The number of nitrogens with one attached hydrogen (secondary N) is 2. The smallest absolute Gasteiger partial charge is 0.191 e. The highest BCUT2D eigenvalue weighted by Gasteiger charge is 2.14. The SMILES string of the molecule is CCNC(=NCC1CCCO1)NCCCOC(C)c1ccccc1. The second kappa shape index (κ2) is 11.0. The Morgan fingerprint density at radius 2 is 2.17 bits per heavy atom. The average molecular weight is 333 g/mol. The average Bonchev–Trinajstić information content (AvgIpc) is 3.13. The van der Waals surface area contributed by atoms with Gasteiger partial charge in [-0.3, -0.25) is 4.99 Å². The first-order valence-electron chi connectivity index (χ1n) is 9.10. The lowest BCUT2D eigenvalue weighted by Crippen LogP contribution is -2.38. The van der Waals surface area contributed by atoms with E-state index in [1.807, 2.05) is 18.2 Å². The highest BCUT2D eigenvalue weighted by atomic mass is 16.5. The fourth-order valence-corrected chi connectivity index (χ4v) is 2.68. The maximum atomic E-state index is 5.89. The number of hydrogen-bond acceptors (Lipinski definition) is 3. The summed E-state index contributed by atoms with van der Waals surface area (Å²) in [6.07, 6.45) is 3.64. The first-order chi connectivity index (χ1) is 11.8. The number of rotatable bonds is 9. The molecule has 0 radical (unpaired) electrons. The van der Waals surface area contributed by atoms with Gasteiger partial charge >= 0.3 is 0 Å². The first kappa shape index (κ1) is 18.7. The molecule has 1 heterocycles. The number of hydrogen-bond donors (Lipinski definition) is 2. The maximum Gasteiger partial charge on any atom is 0.191 e. The normalized spacial score (nSPS) is 19.2. The van der Waals surface area contributed by atoms with Crippen LogP contribution < -0.4 is 10.6 Å². The van der Waals surface area contributed by atoms with E-state index in [2.05, 4.69) is 41.6 Å². The third-order valence-corrected chi connectivity index (χ3v) is 4.07. The predicted octanol–water partition coefficient (Wildman–Crippen LogP) is 2.89. The van der Waals surface area contributed by atoms with Gasteiger partial charge in [0.2, 0.25) is 0 Å². The number of aliphatic imine (C=N–C) groups is 1. The molecule has 24 heavy (non-hydrogen) atoms. The van der Waals surface area contributed by atoms with E-state index in [1.165, 1.54) is 5.56 Å². The Bertz CT molecular complexity index is 473. The van der Waals surface area contributed by atoms with Crippen molar-refractivity contribution in [1.82, 2.24) is 10.6 Å². The molecule has 0 bridgehead atoms. The van der Waals surface area contributed by atoms with Crippen molar-refractivity contribution in [2.24, 2.45) is 4.99 Å². The van der Waals surface area contributed by atoms with E-state index in [9.17, 15) is 0 Å². The van der Waals surface area contributed by atoms with Gasteiger partial charge in [-0.2, -0.15) is 0 Å². The second-order valence-electron chi connectivity index (χ2n) is 6.06. The van der Waals surface area contributed by atoms with Crippen LogP contribution in [-0.2, 0) is 9.47 Å². The van der Waals surface area contributed by atoms with E-state index in [0.717, 1.165) is 58.1 Å². The molecule has 5 heteroatoms. The highest BCUT2D eigenvalue weighted by Crippen LogP contribution is 2.15. The molecule has 2 rings (SSSR count). The Morgan fingerprint density at radius 3 is 2.88 bits per heavy atom. The van der Waals surface area contributed by atoms with Crippen LogP contribution in [-0.4, -0.2) is 44.9 Å². The van der Waals surface area contributed by atoms with E-state index >= 15 is 0 Å². The van der Waals surface area contributed by atoms with Gasteiger partial charge < -0.3 is 20.1 Å². The molecule has 0 saturated carbocycles. The molecule has 0 amide bonds. The molecule has 0 aliphatic carbocycles. The highest BCUT2D eigenvalue weighted by molar-refractivity contribution is 5.79. The lowest BCUT2D eigenvalue weighted by Gasteiger charge is -2.15. The molecule has 2 N–H and O–H groups in total. The van der Waals surface area contributed by atoms with Gasteiger partial charge in [0.1, 0.15) is 0 Å². The number of benzene rings is 1. The Balaban J connectivity index is 1.62. The molecule has 0 aromatic heterocycles. The topological polar surface area (TPSA) is 54.9 Å². The molecular weight excluding hydrogens is 302 g/mol. The maximum absolute atomic E-state index is 5.89. The van der Waals surface area contributed by atoms with E-state index < -0.39 is 0 Å². The zero-order valence-corrected chi connectivity index (χ0v) is 15.0. The Labute approximate surface area is 145 Å². The molecule has 1 aromatic rings. The van der Waals surface area contributed by atoms with Crippen LogP contribution in [0.4, 0.5) is 0 Å². The van der Waals surface area contributed by atoms with Crippen LogP contribution in [0.3, 0.4) is 0 Å². The molecule has 0 spiro atoms. The third-order valence-electron chi connectivity index (χ3n) is 4.07. The van der Waals surface area contributed by atoms with Crippen molar-refractivity contribution in [2.45, 2.75) is 45.3 Å². The Hall–Kier alpha value is -1.59. The Kier molecular flexibility index (Phi) is 8.63. The molecular formula is C19H31N3O2. The molecule has 1 saturated heterocycles. The van der Waals surface area contributed by atoms with Gasteiger partial charge in [-0.25, -0.2) is 0 Å². The molecule has 1 aliphatic rings. The van der Waals surface area contributed by atoms with Gasteiger partial charge in [-0.15, -0.1) is 0 Å². The fourth-order valence-electron chi connectivity index (χ4n) is 2.68. The van der Waals surface area contributed by atoms with Crippen molar-refractivity contribution < 1.29 is 9.47 Å². The van der Waals surface area contributed by atoms with Gasteiger partial charge in [0.05, 0.1) is 18.8 Å². The van der Waals surface area contributed by atoms with Crippen LogP contribution >= 0.6 is 0 Å². The quantitative estimate of drug-likeness (QED) is 0.414. The van der Waals surface area contributed by atoms with Gasteiger partial charge in [0.25, 0.3) is 0 Å². The third kappa shape index (κ3) is 6.89. The standard InChI is InChI=1S/C19H31N3O2/c1-3-20-19(22-15-18-11-7-13-24-18)21-12-8-14-23-16(2)17-9-5-4-6-10-17/h4-6,9-10,16,18H,3,7-8,11-15H2,1-2H3,(H2,20,21,22). The van der Waals surface area contributed by atoms with E-state index in [-0.39, 0.29) is 12.2 Å². The van der Waals surface area contributed by atoms with Crippen LogP contribution in [0.15, 0.2) is 35.3 Å². The summed E-state index contributed by atoms with van der Waals surface area (Å²) in [6, 6.07) is 10.3. The summed E-state index contributed by atoms with van der Waals surface area (Å²) in [4.78, 5) is 4.60. The van der Waals surface area contributed by atoms with Crippen LogP contribution in [0.2, 0.25) is 0 Å². The van der Waals surface area contributed by atoms with Crippen molar-refractivity contribution in [1.29, 1.82) is 0 Å². The van der Waals surface area contributed by atoms with Gasteiger partial charge in [-0.05, 0) is 38.7 Å². The summed E-state index contributed by atoms with van der Waals surface area (Å²) in [5.74, 6) is 0.865. The molecule has 2 atom stereocenters. The first-order valence-corrected chi connectivity index (χ1v) is 9.10. The monoisotopic (exact) mass is 333 g/mol. The molecule has 1 aliphatic heterocycles. The van der Waals surface area contributed by atoms with E-state index in [0.29, 0.717) is 0 Å². The van der Waals surface area contributed by atoms with Crippen LogP contribution in [0.5, 0.6) is 0 Å². The van der Waals surface area contributed by atoms with Crippen LogP contribution in [0.1, 0.15) is 44.8 Å². The summed E-state index contributed by atoms with van der Waals surface area (Å²) in [5.41, 5.74) is 1.22. The minimum absolute atomic E-state index is 0.132. The molecule has 134 valence electrons. The number of guanidine groups is 1. The van der Waals surface area contributed by atoms with Gasteiger partial charge in [0.15, 0.2) is 5.96 Å². The van der Waals surface area contributed by atoms with E-state index in [4.69, 9.17) is 9.47 Å². The zero-order chi connectivity index (χ0) is 17.0. The van der Waals surface area contributed by atoms with Gasteiger partial charge in [-0.1, -0.05) is 30.3 Å². The van der Waals surface area contributed by atoms with Crippen LogP contribution in [0, 0.1) is 0 Å². The molecule has 1 fully saturated rings. The van der Waals surface area contributed by atoms with E-state index in [1.54, 1.807) is 0 Å².